The summed E-state index contributed by atoms with van der Waals surface area (Å²) in [7, 11) is 1.74. The SMILES string of the molecule is Cc1ccc(CNC(=O)[C@H](C)Sc2nc3sc4c(c3c(=O)n2C)CCC4)cc1. The van der Waals surface area contributed by atoms with E-state index in [1.54, 1.807) is 23.0 Å². The number of rotatable bonds is 5. The van der Waals surface area contributed by atoms with E-state index >= 15 is 0 Å². The Morgan fingerprint density at radius 3 is 2.82 bits per heavy atom. The van der Waals surface area contributed by atoms with Crippen LogP contribution in [0.4, 0.5) is 0 Å². The molecule has 1 aliphatic carbocycles. The van der Waals surface area contributed by atoms with E-state index in [0.29, 0.717) is 11.7 Å². The molecule has 7 heteroatoms. The van der Waals surface area contributed by atoms with Crippen molar-refractivity contribution < 1.29 is 4.79 Å². The lowest BCUT2D eigenvalue weighted by Crippen LogP contribution is -2.31. The molecule has 3 aromatic rings. The fraction of sp³-hybridized carbons (Fsp3) is 0.381. The van der Waals surface area contributed by atoms with Gasteiger partial charge in [0.1, 0.15) is 4.83 Å². The minimum Gasteiger partial charge on any atom is -0.351 e. The second-order valence-corrected chi connectivity index (χ2v) is 9.65. The number of thioether (sulfide) groups is 1. The van der Waals surface area contributed by atoms with Crippen molar-refractivity contribution in [3.8, 4) is 0 Å². The summed E-state index contributed by atoms with van der Waals surface area (Å²) in [5, 5.41) is 4.00. The fourth-order valence-corrected chi connectivity index (χ4v) is 5.66. The zero-order valence-electron chi connectivity index (χ0n) is 16.2. The standard InChI is InChI=1S/C21H23N3O2S2/c1-12-7-9-14(10-8-12)11-22-18(25)13(2)27-21-23-19-17(20(26)24(21)3)15-5-4-6-16(15)28-19/h7-10,13H,4-6,11H2,1-3H3,(H,22,25)/t13-/m0/s1. The molecule has 2 aromatic heterocycles. The van der Waals surface area contributed by atoms with Crippen LogP contribution in [0.2, 0.25) is 0 Å². The van der Waals surface area contributed by atoms with Gasteiger partial charge in [0.15, 0.2) is 5.16 Å². The molecule has 0 saturated heterocycles. The number of amides is 1. The first-order valence-electron chi connectivity index (χ1n) is 9.45. The Morgan fingerprint density at radius 2 is 2.07 bits per heavy atom. The van der Waals surface area contributed by atoms with E-state index < -0.39 is 0 Å². The maximum absolute atomic E-state index is 12.9. The van der Waals surface area contributed by atoms with Crippen LogP contribution >= 0.6 is 23.1 Å². The zero-order chi connectivity index (χ0) is 19.8. The van der Waals surface area contributed by atoms with E-state index in [2.05, 4.69) is 5.32 Å². The summed E-state index contributed by atoms with van der Waals surface area (Å²) in [4.78, 5) is 32.2. The largest absolute Gasteiger partial charge is 0.351 e. The van der Waals surface area contributed by atoms with Crippen LogP contribution in [0, 0.1) is 6.92 Å². The van der Waals surface area contributed by atoms with Crippen LogP contribution < -0.4 is 10.9 Å². The van der Waals surface area contributed by atoms with Crippen LogP contribution in [0.25, 0.3) is 10.2 Å². The number of nitrogens with zero attached hydrogens (tertiary/aromatic N) is 2. The molecule has 28 heavy (non-hydrogen) atoms. The summed E-state index contributed by atoms with van der Waals surface area (Å²) in [5.41, 5.74) is 3.45. The minimum atomic E-state index is -0.340. The Balaban J connectivity index is 1.49. The van der Waals surface area contributed by atoms with Gasteiger partial charge in [0, 0.05) is 18.5 Å². The number of aryl methyl sites for hydroxylation is 3. The molecule has 0 aliphatic heterocycles. The average molecular weight is 414 g/mol. The highest BCUT2D eigenvalue weighted by molar-refractivity contribution is 8.00. The highest BCUT2D eigenvalue weighted by atomic mass is 32.2. The Morgan fingerprint density at radius 1 is 1.32 bits per heavy atom. The summed E-state index contributed by atoms with van der Waals surface area (Å²) >= 11 is 2.96. The van der Waals surface area contributed by atoms with Gasteiger partial charge < -0.3 is 5.32 Å². The molecule has 0 spiro atoms. The van der Waals surface area contributed by atoms with Crippen molar-refractivity contribution in [2.24, 2.45) is 7.05 Å². The van der Waals surface area contributed by atoms with Gasteiger partial charge in [-0.2, -0.15) is 0 Å². The topological polar surface area (TPSA) is 64.0 Å². The quantitative estimate of drug-likeness (QED) is 0.513. The predicted molar refractivity (Wildman–Crippen MR) is 115 cm³/mol. The third-order valence-electron chi connectivity index (χ3n) is 5.14. The first-order valence-corrected chi connectivity index (χ1v) is 11.1. The van der Waals surface area contributed by atoms with E-state index in [0.717, 1.165) is 35.0 Å². The number of thiophene rings is 1. The third kappa shape index (κ3) is 3.61. The predicted octanol–water partition coefficient (Wildman–Crippen LogP) is 3.59. The van der Waals surface area contributed by atoms with Gasteiger partial charge in [-0.3, -0.25) is 14.2 Å². The minimum absolute atomic E-state index is 0.000774. The number of benzene rings is 1. The van der Waals surface area contributed by atoms with Gasteiger partial charge in [-0.15, -0.1) is 11.3 Å². The molecule has 0 radical (unpaired) electrons. The number of hydrogen-bond acceptors (Lipinski definition) is 5. The summed E-state index contributed by atoms with van der Waals surface area (Å²) in [6.45, 7) is 4.38. The number of carbonyl (C=O) groups is 1. The lowest BCUT2D eigenvalue weighted by molar-refractivity contribution is -0.120. The van der Waals surface area contributed by atoms with Crippen molar-refractivity contribution in [1.29, 1.82) is 0 Å². The molecule has 4 rings (SSSR count). The monoisotopic (exact) mass is 413 g/mol. The van der Waals surface area contributed by atoms with Crippen LogP contribution in [0.5, 0.6) is 0 Å². The molecule has 1 N–H and O–H groups in total. The van der Waals surface area contributed by atoms with Gasteiger partial charge in [0.05, 0.1) is 10.6 Å². The van der Waals surface area contributed by atoms with E-state index in [4.69, 9.17) is 4.98 Å². The Labute approximate surface area is 172 Å². The molecule has 0 fully saturated rings. The van der Waals surface area contributed by atoms with Crippen LogP contribution in [0.3, 0.4) is 0 Å². The van der Waals surface area contributed by atoms with Crippen molar-refractivity contribution in [2.45, 2.75) is 50.1 Å². The first-order chi connectivity index (χ1) is 13.4. The Hall–Kier alpha value is -2.12. The number of carbonyl (C=O) groups excluding carboxylic acids is 1. The molecule has 1 amide bonds. The molecule has 0 saturated carbocycles. The van der Waals surface area contributed by atoms with Gasteiger partial charge in [0.2, 0.25) is 5.91 Å². The second-order valence-electron chi connectivity index (χ2n) is 7.26. The Bertz CT molecular complexity index is 1100. The molecule has 1 aliphatic rings. The van der Waals surface area contributed by atoms with Gasteiger partial charge in [-0.1, -0.05) is 41.6 Å². The van der Waals surface area contributed by atoms with Gasteiger partial charge in [-0.25, -0.2) is 4.98 Å². The summed E-state index contributed by atoms with van der Waals surface area (Å²) in [6, 6.07) is 8.10. The summed E-state index contributed by atoms with van der Waals surface area (Å²) in [6.07, 6.45) is 3.13. The normalized spacial score (nSPS) is 14.2. The number of aromatic nitrogens is 2. The lowest BCUT2D eigenvalue weighted by atomic mass is 10.1. The van der Waals surface area contributed by atoms with E-state index in [1.165, 1.54) is 27.8 Å². The van der Waals surface area contributed by atoms with Gasteiger partial charge >= 0.3 is 0 Å². The fourth-order valence-electron chi connectivity index (χ4n) is 3.46. The van der Waals surface area contributed by atoms with Crippen LogP contribution in [0.1, 0.15) is 34.9 Å². The van der Waals surface area contributed by atoms with Crippen molar-refractivity contribution >= 4 is 39.2 Å². The highest BCUT2D eigenvalue weighted by Crippen LogP contribution is 2.35. The number of hydrogen-bond donors (Lipinski definition) is 1. The molecule has 1 atom stereocenters. The van der Waals surface area contributed by atoms with Crippen molar-refractivity contribution in [2.75, 3.05) is 0 Å². The van der Waals surface area contributed by atoms with Crippen LogP contribution in [-0.2, 0) is 31.2 Å². The van der Waals surface area contributed by atoms with Crippen molar-refractivity contribution in [3.05, 3.63) is 56.2 Å². The molecule has 0 unspecified atom stereocenters. The molecular weight excluding hydrogens is 390 g/mol. The van der Waals surface area contributed by atoms with E-state index in [9.17, 15) is 9.59 Å². The number of fused-ring (bicyclic) bond motifs is 3. The molecule has 5 nitrogen and oxygen atoms in total. The molecule has 2 heterocycles. The smallest absolute Gasteiger partial charge is 0.262 e. The zero-order valence-corrected chi connectivity index (χ0v) is 17.9. The third-order valence-corrected chi connectivity index (χ3v) is 7.47. The molecular formula is C21H23N3O2S2. The van der Waals surface area contributed by atoms with Gasteiger partial charge in [-0.05, 0) is 44.2 Å². The average Bonchev–Trinajstić information content (AvgIpc) is 3.25. The van der Waals surface area contributed by atoms with Crippen molar-refractivity contribution in [3.63, 3.8) is 0 Å². The Kier molecular flexibility index (Phi) is 5.29. The molecule has 146 valence electrons. The van der Waals surface area contributed by atoms with Crippen LogP contribution in [-0.4, -0.2) is 20.7 Å². The molecule has 1 aromatic carbocycles. The molecule has 0 bridgehead atoms. The number of nitrogens with one attached hydrogen (secondary N) is 1. The van der Waals surface area contributed by atoms with Crippen LogP contribution in [0.15, 0.2) is 34.2 Å². The highest BCUT2D eigenvalue weighted by Gasteiger charge is 2.24. The summed E-state index contributed by atoms with van der Waals surface area (Å²) in [5.74, 6) is -0.0615. The van der Waals surface area contributed by atoms with Crippen molar-refractivity contribution in [1.82, 2.24) is 14.9 Å². The van der Waals surface area contributed by atoms with E-state index in [1.807, 2.05) is 38.1 Å². The summed E-state index contributed by atoms with van der Waals surface area (Å²) < 4.78 is 1.59. The first kappa shape index (κ1) is 19.2. The van der Waals surface area contributed by atoms with E-state index in [-0.39, 0.29) is 16.7 Å². The lowest BCUT2D eigenvalue weighted by Gasteiger charge is -2.14. The maximum Gasteiger partial charge on any atom is 0.262 e. The second kappa shape index (κ2) is 7.72. The van der Waals surface area contributed by atoms with Gasteiger partial charge in [0.25, 0.3) is 5.56 Å². The maximum atomic E-state index is 12.9.